The van der Waals surface area contributed by atoms with Crippen LogP contribution in [0.1, 0.15) is 39.5 Å². The van der Waals surface area contributed by atoms with Gasteiger partial charge in [-0.1, -0.05) is 6.92 Å². The highest BCUT2D eigenvalue weighted by Gasteiger charge is 2.29. The fourth-order valence-electron chi connectivity index (χ4n) is 3.07. The predicted octanol–water partition coefficient (Wildman–Crippen LogP) is 1.45. The summed E-state index contributed by atoms with van der Waals surface area (Å²) in [4.78, 5) is 0. The molecule has 1 heterocycles. The highest BCUT2D eigenvalue weighted by molar-refractivity contribution is 7.88. The van der Waals surface area contributed by atoms with Gasteiger partial charge in [0.1, 0.15) is 0 Å². The van der Waals surface area contributed by atoms with Gasteiger partial charge in [-0.3, -0.25) is 0 Å². The first kappa shape index (κ1) is 17.9. The smallest absolute Gasteiger partial charge is 0.211 e. The van der Waals surface area contributed by atoms with Gasteiger partial charge < -0.3 is 10.1 Å². The van der Waals surface area contributed by atoms with Gasteiger partial charge in [0.2, 0.25) is 10.0 Å². The molecule has 5 nitrogen and oxygen atoms in total. The van der Waals surface area contributed by atoms with Gasteiger partial charge in [-0.15, -0.1) is 0 Å². The van der Waals surface area contributed by atoms with E-state index in [0.717, 1.165) is 32.3 Å². The second-order valence-electron chi connectivity index (χ2n) is 5.66. The third-order valence-electron chi connectivity index (χ3n) is 4.14. The van der Waals surface area contributed by atoms with Crippen LogP contribution in [0.25, 0.3) is 0 Å². The molecule has 0 aromatic rings. The highest BCUT2D eigenvalue weighted by atomic mass is 32.2. The van der Waals surface area contributed by atoms with Crippen molar-refractivity contribution in [2.75, 3.05) is 33.0 Å². The number of nitrogens with one attached hydrogen (secondary N) is 1. The first-order valence-electron chi connectivity index (χ1n) is 7.66. The lowest BCUT2D eigenvalue weighted by molar-refractivity contribution is 0.0249. The molecule has 0 aromatic heterocycles. The van der Waals surface area contributed by atoms with E-state index in [0.29, 0.717) is 25.0 Å². The minimum absolute atomic E-state index is 0.207. The van der Waals surface area contributed by atoms with Crippen LogP contribution < -0.4 is 5.32 Å². The number of piperidine rings is 1. The van der Waals surface area contributed by atoms with Crippen molar-refractivity contribution in [3.8, 4) is 0 Å². The van der Waals surface area contributed by atoms with Crippen LogP contribution in [0.3, 0.4) is 0 Å². The van der Waals surface area contributed by atoms with Gasteiger partial charge in [0.25, 0.3) is 0 Å². The first-order chi connectivity index (χ1) is 9.42. The van der Waals surface area contributed by atoms with Crippen molar-refractivity contribution < 1.29 is 13.2 Å². The average molecular weight is 306 g/mol. The standard InChI is InChI=1S/C14H30N2O3S/c1-5-14(19-6-2)13(15-3)10-12-8-7-9-16(11-12)20(4,17)18/h12-15H,5-11H2,1-4H3. The number of rotatable bonds is 8. The Bertz CT molecular complexity index is 373. The van der Waals surface area contributed by atoms with Crippen molar-refractivity contribution in [2.45, 2.75) is 51.7 Å². The molecule has 0 bridgehead atoms. The zero-order chi connectivity index (χ0) is 15.2. The summed E-state index contributed by atoms with van der Waals surface area (Å²) in [6.45, 7) is 6.19. The van der Waals surface area contributed by atoms with Gasteiger partial charge in [0.15, 0.2) is 0 Å². The fraction of sp³-hybridized carbons (Fsp3) is 1.00. The minimum Gasteiger partial charge on any atom is -0.377 e. The molecule has 0 aromatic carbocycles. The molecule has 20 heavy (non-hydrogen) atoms. The van der Waals surface area contributed by atoms with Crippen molar-refractivity contribution in [1.29, 1.82) is 0 Å². The first-order valence-corrected chi connectivity index (χ1v) is 9.51. The molecule has 1 fully saturated rings. The summed E-state index contributed by atoms with van der Waals surface area (Å²) in [5.74, 6) is 0.422. The van der Waals surface area contributed by atoms with Crippen LogP contribution in [0.15, 0.2) is 0 Å². The van der Waals surface area contributed by atoms with E-state index in [1.165, 1.54) is 6.26 Å². The van der Waals surface area contributed by atoms with Gasteiger partial charge in [-0.25, -0.2) is 12.7 Å². The van der Waals surface area contributed by atoms with Crippen LogP contribution in [0, 0.1) is 5.92 Å². The lowest BCUT2D eigenvalue weighted by Gasteiger charge is -2.35. The third kappa shape index (κ3) is 5.31. The third-order valence-corrected chi connectivity index (χ3v) is 5.41. The van der Waals surface area contributed by atoms with Gasteiger partial charge in [0, 0.05) is 25.7 Å². The normalized spacial score (nSPS) is 24.5. The number of sulfonamides is 1. The van der Waals surface area contributed by atoms with Crippen LogP contribution >= 0.6 is 0 Å². The number of hydrogen-bond donors (Lipinski definition) is 1. The van der Waals surface area contributed by atoms with Crippen LogP contribution in [0.4, 0.5) is 0 Å². The Kier molecular flexibility index (Phi) is 7.43. The van der Waals surface area contributed by atoms with Crippen LogP contribution in [0.2, 0.25) is 0 Å². The largest absolute Gasteiger partial charge is 0.377 e. The summed E-state index contributed by atoms with van der Waals surface area (Å²) in [6.07, 6.45) is 5.52. The van der Waals surface area contributed by atoms with Gasteiger partial charge in [-0.05, 0) is 45.6 Å². The Balaban J connectivity index is 2.60. The maximum Gasteiger partial charge on any atom is 0.211 e. The van der Waals surface area contributed by atoms with Crippen molar-refractivity contribution in [3.05, 3.63) is 0 Å². The second kappa shape index (κ2) is 8.32. The molecule has 1 rings (SSSR count). The van der Waals surface area contributed by atoms with E-state index in [1.807, 2.05) is 14.0 Å². The molecule has 1 saturated heterocycles. The summed E-state index contributed by atoms with van der Waals surface area (Å²) >= 11 is 0. The van der Waals surface area contributed by atoms with E-state index in [9.17, 15) is 8.42 Å². The number of hydrogen-bond acceptors (Lipinski definition) is 4. The summed E-state index contributed by atoms with van der Waals surface area (Å²) < 4.78 is 30.7. The van der Waals surface area contributed by atoms with E-state index in [-0.39, 0.29) is 6.10 Å². The molecule has 1 aliphatic rings. The number of nitrogens with zero attached hydrogens (tertiary/aromatic N) is 1. The van der Waals surface area contributed by atoms with Gasteiger partial charge in [0.05, 0.1) is 12.4 Å². The predicted molar refractivity (Wildman–Crippen MR) is 82.3 cm³/mol. The quantitative estimate of drug-likeness (QED) is 0.737. The SMILES string of the molecule is CCOC(CC)C(CC1CCCN(S(C)(=O)=O)C1)NC. The van der Waals surface area contributed by atoms with Gasteiger partial charge in [-0.2, -0.15) is 0 Å². The van der Waals surface area contributed by atoms with Crippen molar-refractivity contribution in [1.82, 2.24) is 9.62 Å². The molecular formula is C14H30N2O3S. The zero-order valence-corrected chi connectivity index (χ0v) is 14.1. The molecule has 0 aliphatic carbocycles. The maximum absolute atomic E-state index is 11.7. The van der Waals surface area contributed by atoms with Crippen molar-refractivity contribution in [2.24, 2.45) is 5.92 Å². The fourth-order valence-corrected chi connectivity index (χ4v) is 4.01. The van der Waals surface area contributed by atoms with E-state index in [1.54, 1.807) is 4.31 Å². The minimum atomic E-state index is -3.06. The monoisotopic (exact) mass is 306 g/mol. The Morgan fingerprint density at radius 2 is 2.10 bits per heavy atom. The Morgan fingerprint density at radius 3 is 2.60 bits per heavy atom. The summed E-state index contributed by atoms with van der Waals surface area (Å²) in [5, 5.41) is 3.35. The summed E-state index contributed by atoms with van der Waals surface area (Å²) in [7, 11) is -1.09. The van der Waals surface area contributed by atoms with E-state index >= 15 is 0 Å². The number of ether oxygens (including phenoxy) is 1. The molecule has 1 aliphatic heterocycles. The highest BCUT2D eigenvalue weighted by Crippen LogP contribution is 2.24. The molecule has 0 amide bonds. The zero-order valence-electron chi connectivity index (χ0n) is 13.3. The molecule has 3 unspecified atom stereocenters. The molecule has 0 spiro atoms. The van der Waals surface area contributed by atoms with E-state index in [2.05, 4.69) is 12.2 Å². The topological polar surface area (TPSA) is 58.6 Å². The molecule has 0 radical (unpaired) electrons. The van der Waals surface area contributed by atoms with E-state index in [4.69, 9.17) is 4.74 Å². The Hall–Kier alpha value is -0.170. The lowest BCUT2D eigenvalue weighted by atomic mass is 9.89. The molecule has 0 saturated carbocycles. The number of likely N-dealkylation sites (N-methyl/N-ethyl adjacent to an activating group) is 1. The average Bonchev–Trinajstić information content (AvgIpc) is 2.42. The van der Waals surface area contributed by atoms with Crippen LogP contribution in [-0.2, 0) is 14.8 Å². The Labute approximate surface area is 124 Å². The molecular weight excluding hydrogens is 276 g/mol. The van der Waals surface area contributed by atoms with Crippen molar-refractivity contribution in [3.63, 3.8) is 0 Å². The molecule has 6 heteroatoms. The molecule has 120 valence electrons. The van der Waals surface area contributed by atoms with Crippen LogP contribution in [-0.4, -0.2) is 57.9 Å². The Morgan fingerprint density at radius 1 is 1.40 bits per heavy atom. The summed E-state index contributed by atoms with van der Waals surface area (Å²) in [6, 6.07) is 0.296. The second-order valence-corrected chi connectivity index (χ2v) is 7.64. The van der Waals surface area contributed by atoms with Gasteiger partial charge >= 0.3 is 0 Å². The van der Waals surface area contributed by atoms with E-state index < -0.39 is 10.0 Å². The van der Waals surface area contributed by atoms with Crippen LogP contribution in [0.5, 0.6) is 0 Å². The summed E-state index contributed by atoms with van der Waals surface area (Å²) in [5.41, 5.74) is 0. The maximum atomic E-state index is 11.7. The van der Waals surface area contributed by atoms with Crippen molar-refractivity contribution >= 4 is 10.0 Å². The molecule has 3 atom stereocenters. The lowest BCUT2D eigenvalue weighted by Crippen LogP contribution is -2.45. The molecule has 1 N–H and O–H groups in total.